The van der Waals surface area contributed by atoms with Crippen molar-refractivity contribution in [3.05, 3.63) is 0 Å². The van der Waals surface area contributed by atoms with Crippen molar-refractivity contribution in [1.82, 2.24) is 0 Å². The average molecular weight is 212 g/mol. The van der Waals surface area contributed by atoms with E-state index >= 15 is 0 Å². The van der Waals surface area contributed by atoms with Gasteiger partial charge in [0.25, 0.3) is 0 Å². The normalized spacial score (nSPS) is 21.7. The number of hydroxylamine groups is 3. The Kier molecular flexibility index (Phi) is 3.04. The second kappa shape index (κ2) is 3.76. The molecule has 0 spiro atoms. The molecule has 0 aromatic rings. The third kappa shape index (κ3) is 2.87. The summed E-state index contributed by atoms with van der Waals surface area (Å²) >= 11 is 0. The van der Waals surface area contributed by atoms with Crippen molar-refractivity contribution in [3.63, 3.8) is 0 Å². The summed E-state index contributed by atoms with van der Waals surface area (Å²) in [6.07, 6.45) is -2.32. The lowest BCUT2D eigenvalue weighted by molar-refractivity contribution is -1.08. The van der Waals surface area contributed by atoms with Crippen LogP contribution in [-0.2, 0) is 9.63 Å². The van der Waals surface area contributed by atoms with Crippen LogP contribution in [0.1, 0.15) is 19.3 Å². The summed E-state index contributed by atoms with van der Waals surface area (Å²) in [4.78, 5) is 15.0. The lowest BCUT2D eigenvalue weighted by Gasteiger charge is -2.33. The third-order valence-electron chi connectivity index (χ3n) is 2.30. The van der Waals surface area contributed by atoms with E-state index in [1.165, 1.54) is 7.05 Å². The van der Waals surface area contributed by atoms with Crippen molar-refractivity contribution in [2.45, 2.75) is 25.4 Å². The highest BCUT2D eigenvalue weighted by Crippen LogP contribution is 2.22. The second-order valence-corrected chi connectivity index (χ2v) is 3.68. The molecule has 0 radical (unpaired) electrons. The van der Waals surface area contributed by atoms with Crippen LogP contribution in [0, 0.1) is 0 Å². The highest BCUT2D eigenvalue weighted by atomic mass is 19.4. The number of carbonyl (C=O) groups is 1. The summed E-state index contributed by atoms with van der Waals surface area (Å²) in [6.45, 7) is 0.920. The number of quaternary nitrogens is 1. The number of rotatable bonds is 1. The van der Waals surface area contributed by atoms with E-state index in [1.807, 2.05) is 0 Å². The first-order valence-corrected chi connectivity index (χ1v) is 4.49. The van der Waals surface area contributed by atoms with Crippen LogP contribution < -0.4 is 0 Å². The van der Waals surface area contributed by atoms with Gasteiger partial charge in [-0.1, -0.05) is 0 Å². The van der Waals surface area contributed by atoms with Crippen LogP contribution in [0.4, 0.5) is 13.2 Å². The Balaban J connectivity index is 2.54. The smallest absolute Gasteiger partial charge is 0.266 e. The van der Waals surface area contributed by atoms with E-state index < -0.39 is 12.1 Å². The summed E-state index contributed by atoms with van der Waals surface area (Å²) < 4.78 is 35.4. The number of alkyl halides is 3. The lowest BCUT2D eigenvalue weighted by Crippen LogP contribution is -2.51. The molecule has 0 aromatic carbocycles. The largest absolute Gasteiger partial charge is 0.497 e. The molecular weight excluding hydrogens is 199 g/mol. The van der Waals surface area contributed by atoms with E-state index in [4.69, 9.17) is 0 Å². The minimum Gasteiger partial charge on any atom is -0.266 e. The van der Waals surface area contributed by atoms with Crippen molar-refractivity contribution in [3.8, 4) is 0 Å². The zero-order valence-corrected chi connectivity index (χ0v) is 7.93. The van der Waals surface area contributed by atoms with Gasteiger partial charge in [0.1, 0.15) is 20.1 Å². The first-order valence-electron chi connectivity index (χ1n) is 4.49. The van der Waals surface area contributed by atoms with Crippen molar-refractivity contribution in [1.29, 1.82) is 0 Å². The first kappa shape index (κ1) is 11.3. The maximum absolute atomic E-state index is 11.9. The first-order chi connectivity index (χ1) is 6.33. The SMILES string of the molecule is C[N+]1(OC(=O)C(F)(F)F)CCCCC1. The molecule has 14 heavy (non-hydrogen) atoms. The zero-order valence-electron chi connectivity index (χ0n) is 7.93. The number of halogens is 3. The molecule has 0 bridgehead atoms. The van der Waals surface area contributed by atoms with Gasteiger partial charge in [-0.05, 0) is 6.42 Å². The van der Waals surface area contributed by atoms with Crippen LogP contribution in [0.2, 0.25) is 0 Å². The molecule has 1 fully saturated rings. The molecular formula is C8H13F3NO2+. The van der Waals surface area contributed by atoms with E-state index in [9.17, 15) is 18.0 Å². The Hall–Kier alpha value is -0.780. The topological polar surface area (TPSA) is 26.3 Å². The summed E-state index contributed by atoms with van der Waals surface area (Å²) in [5.74, 6) is -2.10. The van der Waals surface area contributed by atoms with Gasteiger partial charge in [-0.3, -0.25) is 4.84 Å². The molecule has 1 heterocycles. The molecule has 0 aromatic heterocycles. The minimum absolute atomic E-state index is 0.252. The van der Waals surface area contributed by atoms with Gasteiger partial charge in [-0.2, -0.15) is 13.2 Å². The molecule has 0 aliphatic carbocycles. The molecule has 0 saturated carbocycles. The summed E-state index contributed by atoms with van der Waals surface area (Å²) in [7, 11) is 1.50. The minimum atomic E-state index is -4.89. The number of carbonyl (C=O) groups excluding carboxylic acids is 1. The molecule has 0 amide bonds. The Labute approximate surface area is 80.0 Å². The fraction of sp³-hybridized carbons (Fsp3) is 0.875. The van der Waals surface area contributed by atoms with Gasteiger partial charge in [0.05, 0.1) is 0 Å². The van der Waals surface area contributed by atoms with Crippen molar-refractivity contribution >= 4 is 5.97 Å². The van der Waals surface area contributed by atoms with E-state index in [1.54, 1.807) is 0 Å². The number of likely N-dealkylation sites (tertiary alicyclic amines) is 1. The summed E-state index contributed by atoms with van der Waals surface area (Å²) in [6, 6.07) is 0. The molecule has 82 valence electrons. The van der Waals surface area contributed by atoms with Gasteiger partial charge in [-0.25, -0.2) is 4.79 Å². The molecule has 1 saturated heterocycles. The van der Waals surface area contributed by atoms with Crippen LogP contribution in [-0.4, -0.2) is 36.9 Å². The zero-order chi connectivity index (χ0) is 10.8. The highest BCUT2D eigenvalue weighted by molar-refractivity contribution is 5.74. The van der Waals surface area contributed by atoms with Gasteiger partial charge in [0.15, 0.2) is 0 Å². The number of hydrogen-bond donors (Lipinski definition) is 0. The predicted molar refractivity (Wildman–Crippen MR) is 41.9 cm³/mol. The Morgan fingerprint density at radius 1 is 1.21 bits per heavy atom. The monoisotopic (exact) mass is 212 g/mol. The van der Waals surface area contributed by atoms with E-state index in [0.29, 0.717) is 13.1 Å². The highest BCUT2D eigenvalue weighted by Gasteiger charge is 2.46. The molecule has 0 unspecified atom stereocenters. The lowest BCUT2D eigenvalue weighted by atomic mass is 10.1. The molecule has 6 heteroatoms. The average Bonchev–Trinajstić information content (AvgIpc) is 2.02. The van der Waals surface area contributed by atoms with Crippen LogP contribution in [0.25, 0.3) is 0 Å². The fourth-order valence-electron chi connectivity index (χ4n) is 1.52. The van der Waals surface area contributed by atoms with Gasteiger partial charge in [0, 0.05) is 12.8 Å². The molecule has 0 atom stereocenters. The molecule has 1 aliphatic heterocycles. The second-order valence-electron chi connectivity index (χ2n) is 3.68. The van der Waals surface area contributed by atoms with Gasteiger partial charge < -0.3 is 0 Å². The molecule has 0 N–H and O–H groups in total. The van der Waals surface area contributed by atoms with Crippen LogP contribution >= 0.6 is 0 Å². The number of piperidine rings is 1. The maximum Gasteiger partial charge on any atom is 0.497 e. The van der Waals surface area contributed by atoms with E-state index in [-0.39, 0.29) is 4.65 Å². The third-order valence-corrected chi connectivity index (χ3v) is 2.30. The maximum atomic E-state index is 11.9. The summed E-state index contributed by atoms with van der Waals surface area (Å²) in [5.41, 5.74) is 0. The van der Waals surface area contributed by atoms with Crippen molar-refractivity contribution in [2.24, 2.45) is 0 Å². The quantitative estimate of drug-likeness (QED) is 0.617. The number of hydrogen-bond acceptors (Lipinski definition) is 2. The van der Waals surface area contributed by atoms with Gasteiger partial charge in [0.2, 0.25) is 0 Å². The van der Waals surface area contributed by atoms with Crippen LogP contribution in [0.15, 0.2) is 0 Å². The number of nitrogens with zero attached hydrogens (tertiary/aromatic N) is 1. The molecule has 3 nitrogen and oxygen atoms in total. The fourth-order valence-corrected chi connectivity index (χ4v) is 1.52. The predicted octanol–water partition coefficient (Wildman–Crippen LogP) is 1.64. The molecule has 1 rings (SSSR count). The van der Waals surface area contributed by atoms with Crippen molar-refractivity contribution < 1.29 is 27.4 Å². The van der Waals surface area contributed by atoms with Crippen LogP contribution in [0.5, 0.6) is 0 Å². The van der Waals surface area contributed by atoms with Crippen molar-refractivity contribution in [2.75, 3.05) is 20.1 Å². The van der Waals surface area contributed by atoms with Gasteiger partial charge >= 0.3 is 12.1 Å². The van der Waals surface area contributed by atoms with Gasteiger partial charge in [-0.15, -0.1) is 4.65 Å². The Bertz CT molecular complexity index is 221. The Morgan fingerprint density at radius 3 is 2.14 bits per heavy atom. The van der Waals surface area contributed by atoms with Crippen LogP contribution in [0.3, 0.4) is 0 Å². The Morgan fingerprint density at radius 2 is 1.71 bits per heavy atom. The molecule has 1 aliphatic rings. The summed E-state index contributed by atoms with van der Waals surface area (Å²) in [5, 5.41) is 0. The standard InChI is InChI=1S/C8H13F3NO2/c1-12(5-3-2-4-6-12)14-7(13)8(9,10)11/h2-6H2,1H3/q+1. The van der Waals surface area contributed by atoms with E-state index in [0.717, 1.165) is 19.3 Å². The van der Waals surface area contributed by atoms with E-state index in [2.05, 4.69) is 4.84 Å².